The molecule has 8 atom stereocenters. The van der Waals surface area contributed by atoms with Crippen LogP contribution in [0.25, 0.3) is 0 Å². The smallest absolute Gasteiger partial charge is 0.302 e. The van der Waals surface area contributed by atoms with Gasteiger partial charge in [0.25, 0.3) is 0 Å². The Bertz CT molecular complexity index is 989. The summed E-state index contributed by atoms with van der Waals surface area (Å²) in [5.41, 5.74) is 3.09. The van der Waals surface area contributed by atoms with E-state index in [2.05, 4.69) is 47.5 Å². The van der Waals surface area contributed by atoms with E-state index in [1.807, 2.05) is 0 Å². The molecule has 6 heteroatoms. The number of piperidine rings is 4. The molecule has 1 N–H and O–H groups in total. The van der Waals surface area contributed by atoms with Crippen molar-refractivity contribution < 1.29 is 19.1 Å². The first-order chi connectivity index (χ1) is 14.4. The molecule has 1 aromatic carbocycles. The SMILES string of the molecule is C/C=C1/CN2C3CC45c6ccccc6N[C@@H]4[C@@H]2C[C@@H]1[C@@]3(COC(C)=O)[C@@H]5OC(C)=O. The maximum Gasteiger partial charge on any atom is 0.302 e. The lowest BCUT2D eigenvalue weighted by Crippen LogP contribution is -2.70. The maximum absolute atomic E-state index is 12.4. The van der Waals surface area contributed by atoms with Crippen LogP contribution in [0.1, 0.15) is 39.2 Å². The zero-order valence-electron chi connectivity index (χ0n) is 17.7. The molecule has 4 saturated heterocycles. The first-order valence-corrected chi connectivity index (χ1v) is 11.0. The number of carbonyl (C=O) groups excluding carboxylic acids is 2. The normalized spacial score (nSPS) is 45.1. The zero-order chi connectivity index (χ0) is 20.8. The highest BCUT2D eigenvalue weighted by atomic mass is 16.6. The quantitative estimate of drug-likeness (QED) is 0.613. The third kappa shape index (κ3) is 1.94. The van der Waals surface area contributed by atoms with Crippen LogP contribution in [0.5, 0.6) is 0 Å². The second-order valence-electron chi connectivity index (χ2n) is 9.70. The van der Waals surface area contributed by atoms with Crippen molar-refractivity contribution in [2.75, 3.05) is 18.5 Å². The Hall–Kier alpha value is -2.34. The summed E-state index contributed by atoms with van der Waals surface area (Å²) in [6.07, 6.45) is 3.81. The number of esters is 2. The van der Waals surface area contributed by atoms with Crippen molar-refractivity contribution in [3.8, 4) is 0 Å². The molecule has 5 heterocycles. The van der Waals surface area contributed by atoms with Crippen LogP contribution in [0.15, 0.2) is 35.9 Å². The van der Waals surface area contributed by atoms with Crippen LogP contribution < -0.4 is 5.32 Å². The van der Waals surface area contributed by atoms with Gasteiger partial charge in [-0.25, -0.2) is 0 Å². The van der Waals surface area contributed by atoms with Crippen molar-refractivity contribution in [3.63, 3.8) is 0 Å². The van der Waals surface area contributed by atoms with Crippen LogP contribution >= 0.6 is 0 Å². The number of para-hydroxylation sites is 1. The van der Waals surface area contributed by atoms with Crippen molar-refractivity contribution in [1.82, 2.24) is 4.90 Å². The molecule has 1 aliphatic carbocycles. The molecule has 0 radical (unpaired) electrons. The number of carbonyl (C=O) groups is 2. The minimum absolute atomic E-state index is 0.193. The first kappa shape index (κ1) is 18.4. The van der Waals surface area contributed by atoms with E-state index in [4.69, 9.17) is 9.47 Å². The number of anilines is 1. The molecule has 1 spiro atoms. The first-order valence-electron chi connectivity index (χ1n) is 11.0. The summed E-state index contributed by atoms with van der Waals surface area (Å²) >= 11 is 0. The topological polar surface area (TPSA) is 67.9 Å². The van der Waals surface area contributed by atoms with E-state index in [-0.39, 0.29) is 41.5 Å². The second kappa shape index (κ2) is 5.88. The number of benzene rings is 1. The lowest BCUT2D eigenvalue weighted by molar-refractivity contribution is -0.177. The largest absolute Gasteiger partial charge is 0.465 e. The molecule has 5 bridgehead atoms. The molecule has 1 saturated carbocycles. The average molecular weight is 408 g/mol. The third-order valence-corrected chi connectivity index (χ3v) is 8.73. The summed E-state index contributed by atoms with van der Waals surface area (Å²) < 4.78 is 12.0. The molecular formula is C24H28N2O4. The molecule has 6 nitrogen and oxygen atoms in total. The molecule has 30 heavy (non-hydrogen) atoms. The Morgan fingerprint density at radius 1 is 1.27 bits per heavy atom. The zero-order valence-corrected chi connectivity index (χ0v) is 17.7. The van der Waals surface area contributed by atoms with Gasteiger partial charge in [0.1, 0.15) is 12.7 Å². The van der Waals surface area contributed by atoms with Crippen LogP contribution in [0.3, 0.4) is 0 Å². The Balaban J connectivity index is 1.61. The van der Waals surface area contributed by atoms with E-state index < -0.39 is 5.41 Å². The average Bonchev–Trinajstić information content (AvgIpc) is 3.18. The molecule has 5 aliphatic heterocycles. The van der Waals surface area contributed by atoms with Gasteiger partial charge < -0.3 is 14.8 Å². The minimum atomic E-state index is -0.415. The molecule has 3 unspecified atom stereocenters. The Morgan fingerprint density at radius 2 is 2.07 bits per heavy atom. The van der Waals surface area contributed by atoms with E-state index in [9.17, 15) is 9.59 Å². The van der Waals surface area contributed by atoms with Gasteiger partial charge >= 0.3 is 11.9 Å². The summed E-state index contributed by atoms with van der Waals surface area (Å²) in [6, 6.07) is 9.28. The Labute approximate surface area is 176 Å². The molecular weight excluding hydrogens is 380 g/mol. The minimum Gasteiger partial charge on any atom is -0.465 e. The van der Waals surface area contributed by atoms with Gasteiger partial charge in [-0.05, 0) is 37.3 Å². The van der Waals surface area contributed by atoms with Crippen molar-refractivity contribution in [1.29, 1.82) is 0 Å². The van der Waals surface area contributed by atoms with E-state index in [0.717, 1.165) is 25.1 Å². The van der Waals surface area contributed by atoms with Crippen LogP contribution in [0, 0.1) is 11.3 Å². The Morgan fingerprint density at radius 3 is 2.80 bits per heavy atom. The summed E-state index contributed by atoms with van der Waals surface area (Å²) in [7, 11) is 0. The second-order valence-corrected chi connectivity index (χ2v) is 9.70. The molecule has 5 fully saturated rings. The number of hydrogen-bond acceptors (Lipinski definition) is 6. The molecule has 1 aromatic rings. The van der Waals surface area contributed by atoms with Crippen molar-refractivity contribution in [3.05, 3.63) is 41.5 Å². The number of nitrogens with one attached hydrogen (secondary N) is 1. The number of hydrogen-bond donors (Lipinski definition) is 1. The van der Waals surface area contributed by atoms with Crippen molar-refractivity contribution in [2.45, 2.75) is 63.3 Å². The number of allylic oxidation sites excluding steroid dienone is 1. The van der Waals surface area contributed by atoms with Gasteiger partial charge in [0.05, 0.1) is 16.9 Å². The number of rotatable bonds is 3. The highest BCUT2D eigenvalue weighted by Crippen LogP contribution is 2.72. The monoisotopic (exact) mass is 408 g/mol. The van der Waals surface area contributed by atoms with Gasteiger partial charge in [-0.1, -0.05) is 29.8 Å². The fourth-order valence-electron chi connectivity index (χ4n) is 7.94. The van der Waals surface area contributed by atoms with E-state index in [0.29, 0.717) is 12.6 Å². The predicted octanol–water partition coefficient (Wildman–Crippen LogP) is 2.64. The number of fused-ring (bicyclic) bond motifs is 2. The summed E-state index contributed by atoms with van der Waals surface area (Å²) in [4.78, 5) is 26.9. The summed E-state index contributed by atoms with van der Waals surface area (Å²) in [6.45, 7) is 6.32. The van der Waals surface area contributed by atoms with Crippen LogP contribution in [-0.4, -0.2) is 54.2 Å². The molecule has 0 aromatic heterocycles. The van der Waals surface area contributed by atoms with Gasteiger partial charge in [-0.15, -0.1) is 0 Å². The lowest BCUT2D eigenvalue weighted by Gasteiger charge is -2.61. The number of nitrogens with zero attached hydrogens (tertiary/aromatic N) is 1. The van der Waals surface area contributed by atoms with Gasteiger partial charge in [-0.3, -0.25) is 14.5 Å². The third-order valence-electron chi connectivity index (χ3n) is 8.73. The standard InChI is InChI=1S/C24H28N2O4/c1-4-15-11-26-19-9-17(15)24(12-29-13(2)27)20(26)10-23(22(24)30-14(3)28)16-7-5-6-8-18(16)25-21(19)23/h4-8,17,19-22,25H,9-12H2,1-3H3/b15-4-/t17-,19-,20?,21+,22+,23?,24+/m0/s1. The van der Waals surface area contributed by atoms with Crippen LogP contribution in [0.2, 0.25) is 0 Å². The van der Waals surface area contributed by atoms with E-state index >= 15 is 0 Å². The highest BCUT2D eigenvalue weighted by molar-refractivity contribution is 5.70. The molecule has 0 amide bonds. The highest BCUT2D eigenvalue weighted by Gasteiger charge is 2.81. The Kier molecular flexibility index (Phi) is 3.61. The molecule has 6 aliphatic rings. The van der Waals surface area contributed by atoms with Gasteiger partial charge in [0.15, 0.2) is 0 Å². The van der Waals surface area contributed by atoms with E-state index in [1.165, 1.54) is 25.0 Å². The molecule has 7 rings (SSSR count). The van der Waals surface area contributed by atoms with Gasteiger partial charge in [0, 0.05) is 38.2 Å². The van der Waals surface area contributed by atoms with Crippen LogP contribution in [0.4, 0.5) is 5.69 Å². The lowest BCUT2D eigenvalue weighted by atomic mass is 9.59. The van der Waals surface area contributed by atoms with Gasteiger partial charge in [-0.2, -0.15) is 0 Å². The fourth-order valence-corrected chi connectivity index (χ4v) is 7.94. The van der Waals surface area contributed by atoms with Crippen LogP contribution in [-0.2, 0) is 24.5 Å². The maximum atomic E-state index is 12.4. The summed E-state index contributed by atoms with van der Waals surface area (Å²) in [5.74, 6) is -0.282. The van der Waals surface area contributed by atoms with Crippen molar-refractivity contribution in [2.24, 2.45) is 11.3 Å². The summed E-state index contributed by atoms with van der Waals surface area (Å²) in [5, 5.41) is 3.83. The predicted molar refractivity (Wildman–Crippen MR) is 111 cm³/mol. The fraction of sp³-hybridized carbons (Fsp3) is 0.583. The molecule has 158 valence electrons. The number of ether oxygens (including phenoxy) is 2. The van der Waals surface area contributed by atoms with Gasteiger partial charge in [0.2, 0.25) is 0 Å². The van der Waals surface area contributed by atoms with Crippen molar-refractivity contribution >= 4 is 17.6 Å². The van der Waals surface area contributed by atoms with E-state index in [1.54, 1.807) is 0 Å².